The van der Waals surface area contributed by atoms with Gasteiger partial charge in [0.25, 0.3) is 5.56 Å². The van der Waals surface area contributed by atoms with E-state index < -0.39 is 11.6 Å². The summed E-state index contributed by atoms with van der Waals surface area (Å²) < 4.78 is 37.6. The summed E-state index contributed by atoms with van der Waals surface area (Å²) in [4.78, 5) is 29.6. The number of halogens is 2. The summed E-state index contributed by atoms with van der Waals surface area (Å²) in [6, 6.07) is 16.3. The van der Waals surface area contributed by atoms with E-state index in [1.165, 1.54) is 37.5 Å². The summed E-state index contributed by atoms with van der Waals surface area (Å²) in [5.74, 6) is -0.954. The van der Waals surface area contributed by atoms with Crippen LogP contribution in [0, 0.1) is 11.6 Å². The first-order valence-electron chi connectivity index (χ1n) is 13.2. The van der Waals surface area contributed by atoms with Gasteiger partial charge in [0.15, 0.2) is 0 Å². The Hall–Kier alpha value is -4.46. The van der Waals surface area contributed by atoms with Crippen molar-refractivity contribution in [3.63, 3.8) is 0 Å². The highest BCUT2D eigenvalue weighted by Gasteiger charge is 2.25. The van der Waals surface area contributed by atoms with Gasteiger partial charge in [0.2, 0.25) is 5.91 Å². The van der Waals surface area contributed by atoms with Crippen LogP contribution in [0.25, 0.3) is 27.7 Å². The smallest absolute Gasteiger partial charge is 0.257 e. The molecule has 0 radical (unpaired) electrons. The number of ether oxygens (including phenoxy) is 1. The van der Waals surface area contributed by atoms with Crippen molar-refractivity contribution in [1.82, 2.24) is 9.47 Å². The Bertz CT molecular complexity index is 1670. The third-order valence-electron chi connectivity index (χ3n) is 7.46. The highest BCUT2D eigenvalue weighted by atomic mass is 19.1. The van der Waals surface area contributed by atoms with E-state index in [2.05, 4.69) is 6.58 Å². The van der Waals surface area contributed by atoms with Crippen LogP contribution in [0.4, 0.5) is 14.5 Å². The Morgan fingerprint density at radius 3 is 2.27 bits per heavy atom. The molecule has 1 aromatic heterocycles. The van der Waals surface area contributed by atoms with Gasteiger partial charge in [0.1, 0.15) is 17.4 Å². The number of rotatable bonds is 6. The van der Waals surface area contributed by atoms with E-state index in [-0.39, 0.29) is 28.5 Å². The van der Waals surface area contributed by atoms with Gasteiger partial charge in [0, 0.05) is 54.8 Å². The number of hydrogen-bond acceptors (Lipinski definition) is 4. The molecule has 3 aromatic carbocycles. The van der Waals surface area contributed by atoms with Crippen molar-refractivity contribution >= 4 is 22.5 Å². The fraction of sp³-hybridized carbons (Fsp3) is 0.250. The minimum Gasteiger partial charge on any atom is -0.497 e. The molecule has 2 heterocycles. The van der Waals surface area contributed by atoms with E-state index in [9.17, 15) is 9.59 Å². The molecule has 40 heavy (non-hydrogen) atoms. The normalized spacial score (nSPS) is 13.7. The number of aromatic nitrogens is 1. The van der Waals surface area contributed by atoms with Crippen molar-refractivity contribution in [2.24, 2.45) is 0 Å². The largest absolute Gasteiger partial charge is 0.497 e. The molecule has 1 fully saturated rings. The number of carbonyl (C=O) groups is 1. The number of hydrogen-bond donors (Lipinski definition) is 0. The Morgan fingerprint density at radius 1 is 0.925 bits per heavy atom. The topological polar surface area (TPSA) is 54.8 Å². The molecule has 6 nitrogen and oxygen atoms in total. The molecule has 1 aliphatic heterocycles. The van der Waals surface area contributed by atoms with Crippen molar-refractivity contribution in [3.05, 3.63) is 101 Å². The molecule has 1 amide bonds. The van der Waals surface area contributed by atoms with Gasteiger partial charge in [-0.3, -0.25) is 14.2 Å². The van der Waals surface area contributed by atoms with Gasteiger partial charge in [-0.1, -0.05) is 38.6 Å². The third-order valence-corrected chi connectivity index (χ3v) is 7.46. The molecule has 0 spiro atoms. The monoisotopic (exact) mass is 543 g/mol. The predicted octanol–water partition coefficient (Wildman–Crippen LogP) is 5.90. The van der Waals surface area contributed by atoms with Gasteiger partial charge < -0.3 is 14.5 Å². The molecule has 0 atom stereocenters. The average Bonchev–Trinajstić information content (AvgIpc) is 2.96. The fourth-order valence-corrected chi connectivity index (χ4v) is 5.36. The van der Waals surface area contributed by atoms with E-state index in [0.717, 1.165) is 5.56 Å². The fourth-order valence-electron chi connectivity index (χ4n) is 5.36. The minimum absolute atomic E-state index is 0.0429. The van der Waals surface area contributed by atoms with Gasteiger partial charge in [-0.05, 0) is 47.9 Å². The zero-order chi connectivity index (χ0) is 28.6. The molecule has 0 unspecified atom stereocenters. The highest BCUT2D eigenvalue weighted by Crippen LogP contribution is 2.36. The van der Waals surface area contributed by atoms with E-state index in [1.54, 1.807) is 21.6 Å². The summed E-state index contributed by atoms with van der Waals surface area (Å²) in [6.07, 6.45) is 1.29. The molecule has 1 aliphatic rings. The maximum absolute atomic E-state index is 15.8. The van der Waals surface area contributed by atoms with Gasteiger partial charge in [-0.15, -0.1) is 0 Å². The quantitative estimate of drug-likeness (QED) is 0.284. The second kappa shape index (κ2) is 11.0. The highest BCUT2D eigenvalue weighted by molar-refractivity contribution is 5.96. The number of benzene rings is 3. The number of fused-ring (bicyclic) bond motifs is 1. The molecular weight excluding hydrogens is 512 g/mol. The Morgan fingerprint density at radius 2 is 1.62 bits per heavy atom. The first kappa shape index (κ1) is 27.1. The zero-order valence-corrected chi connectivity index (χ0v) is 22.8. The van der Waals surface area contributed by atoms with Crippen molar-refractivity contribution in [2.75, 3.05) is 38.2 Å². The number of methoxy groups -OCH3 is 1. The predicted molar refractivity (Wildman–Crippen MR) is 155 cm³/mol. The van der Waals surface area contributed by atoms with Crippen LogP contribution < -0.4 is 15.2 Å². The molecule has 206 valence electrons. The SMILES string of the molecule is C=CC(=O)N1CCN(c2cc(=O)n(-c3ccccc3C(C)C)c3cc(-c4ccc(OC)cc4F)c(F)cc23)CC1. The first-order valence-corrected chi connectivity index (χ1v) is 13.2. The Balaban J connectivity index is 1.75. The molecule has 0 N–H and O–H groups in total. The molecule has 4 aromatic rings. The number of pyridine rings is 1. The van der Waals surface area contributed by atoms with Crippen molar-refractivity contribution in [3.8, 4) is 22.6 Å². The van der Waals surface area contributed by atoms with Gasteiger partial charge in [-0.2, -0.15) is 0 Å². The first-order chi connectivity index (χ1) is 19.2. The lowest BCUT2D eigenvalue weighted by molar-refractivity contribution is -0.126. The lowest BCUT2D eigenvalue weighted by Gasteiger charge is -2.36. The van der Waals surface area contributed by atoms with Crippen LogP contribution in [0.5, 0.6) is 5.75 Å². The Kier molecular flexibility index (Phi) is 7.43. The van der Waals surface area contributed by atoms with Gasteiger partial charge >= 0.3 is 0 Å². The van der Waals surface area contributed by atoms with Crippen LogP contribution >= 0.6 is 0 Å². The lowest BCUT2D eigenvalue weighted by Crippen LogP contribution is -2.48. The third kappa shape index (κ3) is 4.85. The van der Waals surface area contributed by atoms with E-state index in [1.807, 2.05) is 43.0 Å². The molecule has 5 rings (SSSR count). The van der Waals surface area contributed by atoms with Gasteiger partial charge in [0.05, 0.1) is 24.0 Å². The number of anilines is 1. The van der Waals surface area contributed by atoms with Crippen LogP contribution in [0.3, 0.4) is 0 Å². The molecule has 1 saturated heterocycles. The molecule has 0 saturated carbocycles. The molecule has 0 aliphatic carbocycles. The van der Waals surface area contributed by atoms with E-state index in [4.69, 9.17) is 4.74 Å². The zero-order valence-electron chi connectivity index (χ0n) is 22.8. The van der Waals surface area contributed by atoms with Gasteiger partial charge in [-0.25, -0.2) is 8.78 Å². The lowest BCUT2D eigenvalue weighted by atomic mass is 9.98. The number of para-hydroxylation sites is 1. The summed E-state index contributed by atoms with van der Waals surface area (Å²) in [6.45, 7) is 9.48. The number of piperazine rings is 1. The van der Waals surface area contributed by atoms with Crippen LogP contribution in [-0.4, -0.2) is 48.7 Å². The minimum atomic E-state index is -0.631. The summed E-state index contributed by atoms with van der Waals surface area (Å²) in [7, 11) is 1.44. The summed E-state index contributed by atoms with van der Waals surface area (Å²) in [5.41, 5.74) is 2.51. The number of nitrogens with zero attached hydrogens (tertiary/aromatic N) is 3. The molecule has 0 bridgehead atoms. The van der Waals surface area contributed by atoms with Crippen molar-refractivity contribution in [1.29, 1.82) is 0 Å². The Labute approximate surface area is 231 Å². The van der Waals surface area contributed by atoms with E-state index in [0.29, 0.717) is 54.2 Å². The van der Waals surface area contributed by atoms with Crippen LogP contribution in [0.15, 0.2) is 78.1 Å². The second-order valence-corrected chi connectivity index (χ2v) is 10.1. The molecular formula is C32H31F2N3O3. The second-order valence-electron chi connectivity index (χ2n) is 10.1. The van der Waals surface area contributed by atoms with Crippen molar-refractivity contribution in [2.45, 2.75) is 19.8 Å². The van der Waals surface area contributed by atoms with Crippen LogP contribution in [0.2, 0.25) is 0 Å². The number of amides is 1. The average molecular weight is 544 g/mol. The van der Waals surface area contributed by atoms with E-state index >= 15 is 8.78 Å². The maximum atomic E-state index is 15.8. The van der Waals surface area contributed by atoms with Crippen LogP contribution in [0.1, 0.15) is 25.3 Å². The summed E-state index contributed by atoms with van der Waals surface area (Å²) >= 11 is 0. The molecule has 8 heteroatoms. The standard InChI is InChI=1S/C32H31F2N3O3/c1-5-31(38)36-14-12-35(13-15-36)29-19-32(39)37(28-9-7-6-8-22(28)20(2)3)30-18-24(27(34)17-25(29)30)23-11-10-21(40-4)16-26(23)33/h5-11,16-20H,1,12-15H2,2-4H3. The van der Waals surface area contributed by atoms with Crippen LogP contribution in [-0.2, 0) is 4.79 Å². The summed E-state index contributed by atoms with van der Waals surface area (Å²) in [5, 5.41) is 0.525. The maximum Gasteiger partial charge on any atom is 0.257 e. The van der Waals surface area contributed by atoms with Crippen molar-refractivity contribution < 1.29 is 18.3 Å². The number of carbonyl (C=O) groups excluding carboxylic acids is 1.